The van der Waals surface area contributed by atoms with Gasteiger partial charge < -0.3 is 5.32 Å². The zero-order valence-corrected chi connectivity index (χ0v) is 11.0. The summed E-state index contributed by atoms with van der Waals surface area (Å²) in [5, 5.41) is 16.4. The van der Waals surface area contributed by atoms with E-state index in [1.54, 1.807) is 7.05 Å². The Hall–Kier alpha value is -1.70. The van der Waals surface area contributed by atoms with E-state index in [1.807, 2.05) is 17.7 Å². The quantitative estimate of drug-likeness (QED) is 0.832. The largest absolute Gasteiger partial charge is 0.357 e. The Bertz CT molecular complexity index is 563. The molecule has 0 atom stereocenters. The minimum atomic E-state index is 0.467. The molecule has 1 N–H and O–H groups in total. The molecule has 1 aliphatic carbocycles. The topological polar surface area (TPSA) is 81.4 Å². The second-order valence-corrected chi connectivity index (χ2v) is 5.15. The minimum Gasteiger partial charge on any atom is -0.357 e. The minimum absolute atomic E-state index is 0.467. The van der Waals surface area contributed by atoms with Gasteiger partial charge in [0.25, 0.3) is 0 Å². The second kappa shape index (κ2) is 4.52. The summed E-state index contributed by atoms with van der Waals surface area (Å²) >= 11 is 1.47. The zero-order valence-electron chi connectivity index (χ0n) is 10.2. The first-order valence-electron chi connectivity index (χ1n) is 5.75. The van der Waals surface area contributed by atoms with Gasteiger partial charge in [-0.25, -0.2) is 14.6 Å². The third kappa shape index (κ3) is 2.28. The van der Waals surface area contributed by atoms with Gasteiger partial charge in [-0.05, 0) is 48.0 Å². The number of tetrazole rings is 1. The molecule has 1 fully saturated rings. The highest BCUT2D eigenvalue weighted by molar-refractivity contribution is 7.99. The van der Waals surface area contributed by atoms with Crippen molar-refractivity contribution in [2.45, 2.75) is 36.0 Å². The highest BCUT2D eigenvalue weighted by Crippen LogP contribution is 2.37. The molecule has 2 heterocycles. The fourth-order valence-electron chi connectivity index (χ4n) is 1.60. The maximum atomic E-state index is 4.38. The Morgan fingerprint density at radius 2 is 2.22 bits per heavy atom. The summed E-state index contributed by atoms with van der Waals surface area (Å²) in [6.07, 6.45) is 2.31. The second-order valence-electron chi connectivity index (χ2n) is 4.16. The van der Waals surface area contributed by atoms with Crippen LogP contribution >= 0.6 is 11.8 Å². The molecule has 1 saturated carbocycles. The monoisotopic (exact) mass is 263 g/mol. The summed E-state index contributed by atoms with van der Waals surface area (Å²) in [5.41, 5.74) is 0.919. The number of hydrogen-bond donors (Lipinski definition) is 1. The standard InChI is InChI=1S/C10H13N7S/c1-6-5-8(13-9(11-2)12-6)18-10-14-15-16-17(10)7-3-4-7/h5,7H,3-4H2,1-2H3,(H,11,12,13). The first-order valence-corrected chi connectivity index (χ1v) is 6.57. The van der Waals surface area contributed by atoms with Gasteiger partial charge in [-0.2, -0.15) is 0 Å². The highest BCUT2D eigenvalue weighted by atomic mass is 32.2. The number of aromatic nitrogens is 6. The van der Waals surface area contributed by atoms with Crippen LogP contribution in [0.5, 0.6) is 0 Å². The molecule has 0 amide bonds. The van der Waals surface area contributed by atoms with Gasteiger partial charge >= 0.3 is 0 Å². The van der Waals surface area contributed by atoms with Crippen molar-refractivity contribution >= 4 is 17.7 Å². The van der Waals surface area contributed by atoms with Gasteiger partial charge in [0.15, 0.2) is 0 Å². The lowest BCUT2D eigenvalue weighted by Crippen LogP contribution is -2.01. The molecule has 0 aromatic carbocycles. The summed E-state index contributed by atoms with van der Waals surface area (Å²) in [6, 6.07) is 2.39. The SMILES string of the molecule is CNc1nc(C)cc(Sc2nnnn2C2CC2)n1. The normalized spacial score (nSPS) is 14.8. The van der Waals surface area contributed by atoms with Crippen molar-refractivity contribution in [1.29, 1.82) is 0 Å². The van der Waals surface area contributed by atoms with Crippen molar-refractivity contribution in [3.8, 4) is 0 Å². The fraction of sp³-hybridized carbons (Fsp3) is 0.500. The number of rotatable bonds is 4. The van der Waals surface area contributed by atoms with Crippen LogP contribution in [0.25, 0.3) is 0 Å². The Kier molecular flexibility index (Phi) is 2.86. The molecule has 8 heteroatoms. The molecule has 7 nitrogen and oxygen atoms in total. The van der Waals surface area contributed by atoms with Gasteiger partial charge in [0.1, 0.15) is 5.03 Å². The summed E-state index contributed by atoms with van der Waals surface area (Å²) in [7, 11) is 1.80. The lowest BCUT2D eigenvalue weighted by Gasteiger charge is -2.04. The molecule has 18 heavy (non-hydrogen) atoms. The van der Waals surface area contributed by atoms with Crippen LogP contribution in [0.1, 0.15) is 24.6 Å². The third-order valence-electron chi connectivity index (χ3n) is 2.61. The summed E-state index contributed by atoms with van der Waals surface area (Å²) < 4.78 is 1.88. The Labute approximate surface area is 108 Å². The molecule has 0 unspecified atom stereocenters. The molecule has 94 valence electrons. The molecule has 3 rings (SSSR count). The van der Waals surface area contributed by atoms with Crippen LogP contribution in [0.2, 0.25) is 0 Å². The van der Waals surface area contributed by atoms with Crippen LogP contribution in [0.4, 0.5) is 5.95 Å². The van der Waals surface area contributed by atoms with Crippen LogP contribution < -0.4 is 5.32 Å². The zero-order chi connectivity index (χ0) is 12.5. The van der Waals surface area contributed by atoms with Crippen molar-refractivity contribution in [1.82, 2.24) is 30.2 Å². The van der Waals surface area contributed by atoms with E-state index in [-0.39, 0.29) is 0 Å². The Morgan fingerprint density at radius 3 is 2.94 bits per heavy atom. The molecule has 0 aliphatic heterocycles. The summed E-state index contributed by atoms with van der Waals surface area (Å²) in [5.74, 6) is 0.614. The van der Waals surface area contributed by atoms with E-state index >= 15 is 0 Å². The maximum absolute atomic E-state index is 4.38. The Morgan fingerprint density at radius 1 is 1.39 bits per heavy atom. The maximum Gasteiger partial charge on any atom is 0.223 e. The van der Waals surface area contributed by atoms with Crippen LogP contribution in [0.15, 0.2) is 16.2 Å². The molecule has 1 aliphatic rings. The smallest absolute Gasteiger partial charge is 0.223 e. The van der Waals surface area contributed by atoms with Gasteiger partial charge in [-0.1, -0.05) is 0 Å². The van der Waals surface area contributed by atoms with Crippen molar-refractivity contribution in [2.24, 2.45) is 0 Å². The van der Waals surface area contributed by atoms with Gasteiger partial charge in [0.2, 0.25) is 11.1 Å². The van der Waals surface area contributed by atoms with E-state index < -0.39 is 0 Å². The van der Waals surface area contributed by atoms with E-state index in [2.05, 4.69) is 30.8 Å². The fourth-order valence-corrected chi connectivity index (χ4v) is 2.50. The molecular weight excluding hydrogens is 250 g/mol. The molecular formula is C10H13N7S. The molecule has 0 radical (unpaired) electrons. The summed E-state index contributed by atoms with van der Waals surface area (Å²) in [6.45, 7) is 1.94. The predicted octanol–water partition coefficient (Wildman–Crippen LogP) is 1.30. The van der Waals surface area contributed by atoms with Gasteiger partial charge in [-0.15, -0.1) is 5.10 Å². The first kappa shape index (κ1) is 11.4. The van der Waals surface area contributed by atoms with E-state index in [4.69, 9.17) is 0 Å². The summed E-state index contributed by atoms with van der Waals surface area (Å²) in [4.78, 5) is 8.64. The average molecular weight is 263 g/mol. The Balaban J connectivity index is 1.87. The molecule has 0 spiro atoms. The number of nitrogens with zero attached hydrogens (tertiary/aromatic N) is 6. The van der Waals surface area contributed by atoms with Crippen molar-refractivity contribution in [3.05, 3.63) is 11.8 Å². The van der Waals surface area contributed by atoms with Crippen LogP contribution in [-0.2, 0) is 0 Å². The van der Waals surface area contributed by atoms with Crippen LogP contribution in [-0.4, -0.2) is 37.2 Å². The number of aryl methyl sites for hydroxylation is 1. The predicted molar refractivity (Wildman–Crippen MR) is 66.5 cm³/mol. The van der Waals surface area contributed by atoms with Crippen molar-refractivity contribution in [2.75, 3.05) is 12.4 Å². The van der Waals surface area contributed by atoms with E-state index in [1.165, 1.54) is 11.8 Å². The molecule has 2 aromatic heterocycles. The van der Waals surface area contributed by atoms with E-state index in [0.29, 0.717) is 12.0 Å². The number of hydrogen-bond acceptors (Lipinski definition) is 7. The third-order valence-corrected chi connectivity index (χ3v) is 3.48. The van der Waals surface area contributed by atoms with Crippen LogP contribution in [0, 0.1) is 6.92 Å². The average Bonchev–Trinajstić information content (AvgIpc) is 3.10. The van der Waals surface area contributed by atoms with Gasteiger partial charge in [0.05, 0.1) is 6.04 Å². The highest BCUT2D eigenvalue weighted by Gasteiger charge is 2.28. The number of nitrogens with one attached hydrogen (secondary N) is 1. The molecule has 0 saturated heterocycles. The van der Waals surface area contributed by atoms with Crippen LogP contribution in [0.3, 0.4) is 0 Å². The van der Waals surface area contributed by atoms with Gasteiger partial charge in [-0.3, -0.25) is 0 Å². The van der Waals surface area contributed by atoms with Crippen molar-refractivity contribution in [3.63, 3.8) is 0 Å². The van der Waals surface area contributed by atoms with Gasteiger partial charge in [0, 0.05) is 12.7 Å². The van der Waals surface area contributed by atoms with Crippen molar-refractivity contribution < 1.29 is 0 Å². The number of anilines is 1. The lowest BCUT2D eigenvalue weighted by molar-refractivity contribution is 0.565. The van der Waals surface area contributed by atoms with E-state index in [0.717, 1.165) is 28.7 Å². The molecule has 2 aromatic rings. The lowest BCUT2D eigenvalue weighted by atomic mass is 10.5. The molecule has 0 bridgehead atoms. The van der Waals surface area contributed by atoms with E-state index in [9.17, 15) is 0 Å². The first-order chi connectivity index (χ1) is 8.76.